The standard InChI is InChI=1S/C16H18FN2.C8H4F3N4.Ir/c1-10(2)14-9-18-16(15(19-14)11(3)4)12-5-7-13(17)8-6-12;9-8(10,11)7-13-6(14-15-7)5-3-1-2-4-12-5;/h5,7-11H,1-4H3;1-4H;/q2*-1;. The van der Waals surface area contributed by atoms with Gasteiger partial charge in [-0.15, -0.1) is 29.8 Å². The van der Waals surface area contributed by atoms with Gasteiger partial charge < -0.3 is 15.1 Å². The smallest absolute Gasteiger partial charge is 0.413 e. The Kier molecular flexibility index (Phi) is 9.73. The Morgan fingerprint density at radius 3 is 2.20 bits per heavy atom. The second-order valence-electron chi connectivity index (χ2n) is 7.93. The minimum Gasteiger partial charge on any atom is -0.413 e. The molecule has 0 saturated heterocycles. The maximum atomic E-state index is 13.0. The fourth-order valence-electron chi connectivity index (χ4n) is 2.82. The van der Waals surface area contributed by atoms with Crippen LogP contribution in [0, 0.1) is 11.9 Å². The van der Waals surface area contributed by atoms with Crippen LogP contribution >= 0.6 is 0 Å². The minimum absolute atomic E-state index is 0. The summed E-state index contributed by atoms with van der Waals surface area (Å²) in [6.07, 6.45) is -1.33. The molecule has 0 atom stereocenters. The first-order valence-corrected chi connectivity index (χ1v) is 10.5. The average molecular weight is 663 g/mol. The van der Waals surface area contributed by atoms with Crippen LogP contribution in [0.1, 0.15) is 56.7 Å². The molecule has 3 aromatic heterocycles. The number of halogens is 4. The second-order valence-corrected chi connectivity index (χ2v) is 7.93. The van der Waals surface area contributed by atoms with Crippen LogP contribution in [0.4, 0.5) is 17.6 Å². The first-order valence-electron chi connectivity index (χ1n) is 10.5. The molecule has 35 heavy (non-hydrogen) atoms. The maximum absolute atomic E-state index is 13.0. The quantitative estimate of drug-likeness (QED) is 0.202. The molecule has 4 rings (SSSR count). The molecule has 0 bridgehead atoms. The first kappa shape index (κ1) is 28.2. The predicted molar refractivity (Wildman–Crippen MR) is 118 cm³/mol. The molecule has 0 fully saturated rings. The van der Waals surface area contributed by atoms with E-state index in [0.29, 0.717) is 5.92 Å². The molecule has 0 unspecified atom stereocenters. The van der Waals surface area contributed by atoms with Crippen molar-refractivity contribution >= 4 is 0 Å². The van der Waals surface area contributed by atoms with Crippen molar-refractivity contribution in [3.8, 4) is 22.8 Å². The molecule has 187 valence electrons. The van der Waals surface area contributed by atoms with Crippen molar-refractivity contribution < 1.29 is 37.7 Å². The van der Waals surface area contributed by atoms with E-state index < -0.39 is 12.0 Å². The summed E-state index contributed by atoms with van der Waals surface area (Å²) in [5, 5.41) is 6.25. The molecule has 11 heteroatoms. The summed E-state index contributed by atoms with van der Waals surface area (Å²) in [6, 6.07) is 12.2. The van der Waals surface area contributed by atoms with Gasteiger partial charge in [-0.25, -0.2) is 0 Å². The van der Waals surface area contributed by atoms with Crippen LogP contribution in [0.2, 0.25) is 0 Å². The number of benzene rings is 1. The first-order chi connectivity index (χ1) is 16.1. The van der Waals surface area contributed by atoms with E-state index in [9.17, 15) is 17.6 Å². The maximum Gasteiger partial charge on any atom is 0.429 e. The molecule has 0 spiro atoms. The van der Waals surface area contributed by atoms with Gasteiger partial charge >= 0.3 is 6.18 Å². The molecule has 3 heterocycles. The van der Waals surface area contributed by atoms with E-state index in [2.05, 4.69) is 58.9 Å². The topological polar surface area (TPSA) is 78.5 Å². The molecule has 1 aromatic carbocycles. The SMILES string of the molecule is CC(C)c1cnc(-c2[c-]cc(F)cc2)c(C(C)C)n1.FC(F)(F)c1n[n-]c(-c2ccccn2)n1.[Ir]. The number of rotatable bonds is 4. The number of aromatic nitrogens is 6. The molecular formula is C24H22F4IrN6-2. The summed E-state index contributed by atoms with van der Waals surface area (Å²) in [4.78, 5) is 16.3. The fourth-order valence-corrected chi connectivity index (χ4v) is 2.82. The molecule has 0 amide bonds. The zero-order valence-corrected chi connectivity index (χ0v) is 21.7. The predicted octanol–water partition coefficient (Wildman–Crippen LogP) is 5.84. The van der Waals surface area contributed by atoms with Gasteiger partial charge in [-0.05, 0) is 29.8 Å². The molecule has 0 aliphatic carbocycles. The monoisotopic (exact) mass is 663 g/mol. The van der Waals surface area contributed by atoms with Gasteiger partial charge in [0.1, 0.15) is 5.82 Å². The molecule has 0 aliphatic rings. The third kappa shape index (κ3) is 7.47. The summed E-state index contributed by atoms with van der Waals surface area (Å²) in [6.45, 7) is 8.36. The third-order valence-electron chi connectivity index (χ3n) is 4.59. The number of nitrogens with zero attached hydrogens (tertiary/aromatic N) is 6. The van der Waals surface area contributed by atoms with Crippen molar-refractivity contribution in [2.45, 2.75) is 45.7 Å². The van der Waals surface area contributed by atoms with Crippen LogP contribution in [0.15, 0.2) is 48.8 Å². The van der Waals surface area contributed by atoms with Crippen LogP contribution in [0.5, 0.6) is 0 Å². The average Bonchev–Trinajstić information content (AvgIpc) is 3.31. The van der Waals surface area contributed by atoms with Crippen molar-refractivity contribution in [3.05, 3.63) is 77.9 Å². The second kappa shape index (κ2) is 12.1. The Bertz CT molecular complexity index is 1210. The van der Waals surface area contributed by atoms with E-state index in [1.165, 1.54) is 24.4 Å². The van der Waals surface area contributed by atoms with E-state index in [0.717, 1.165) is 22.6 Å². The third-order valence-corrected chi connectivity index (χ3v) is 4.59. The van der Waals surface area contributed by atoms with Gasteiger partial charge in [-0.3, -0.25) is 19.5 Å². The van der Waals surface area contributed by atoms with Gasteiger partial charge in [-0.1, -0.05) is 33.8 Å². The summed E-state index contributed by atoms with van der Waals surface area (Å²) < 4.78 is 49.4. The largest absolute Gasteiger partial charge is 0.429 e. The minimum atomic E-state index is -4.57. The van der Waals surface area contributed by atoms with Crippen LogP contribution in [0.3, 0.4) is 0 Å². The van der Waals surface area contributed by atoms with Crippen molar-refractivity contribution in [3.63, 3.8) is 0 Å². The van der Waals surface area contributed by atoms with E-state index >= 15 is 0 Å². The number of alkyl halides is 3. The fraction of sp³-hybridized carbons (Fsp3) is 0.292. The van der Waals surface area contributed by atoms with Crippen molar-refractivity contribution in [1.82, 2.24) is 30.1 Å². The summed E-state index contributed by atoms with van der Waals surface area (Å²) in [7, 11) is 0. The van der Waals surface area contributed by atoms with Gasteiger partial charge in [0.15, 0.2) is 0 Å². The summed E-state index contributed by atoms with van der Waals surface area (Å²) >= 11 is 0. The van der Waals surface area contributed by atoms with Crippen molar-refractivity contribution in [2.24, 2.45) is 0 Å². The molecule has 6 nitrogen and oxygen atoms in total. The molecule has 0 saturated carbocycles. The Morgan fingerprint density at radius 2 is 1.69 bits per heavy atom. The number of pyridine rings is 1. The van der Waals surface area contributed by atoms with Crippen LogP contribution in [-0.4, -0.2) is 25.0 Å². The van der Waals surface area contributed by atoms with Crippen LogP contribution < -0.4 is 5.10 Å². The summed E-state index contributed by atoms with van der Waals surface area (Å²) in [5.74, 6) is -1.05. The van der Waals surface area contributed by atoms with Gasteiger partial charge in [0.25, 0.3) is 0 Å². The van der Waals surface area contributed by atoms with Crippen molar-refractivity contribution in [2.75, 3.05) is 0 Å². The zero-order valence-electron chi connectivity index (χ0n) is 19.3. The Labute approximate surface area is 214 Å². The Balaban J connectivity index is 0.000000246. The normalized spacial score (nSPS) is 11.1. The number of hydrogen-bond acceptors (Lipinski definition) is 5. The molecule has 1 radical (unpaired) electrons. The molecule has 4 aromatic rings. The van der Waals surface area contributed by atoms with E-state index in [1.54, 1.807) is 24.4 Å². The van der Waals surface area contributed by atoms with Crippen LogP contribution in [0.25, 0.3) is 22.8 Å². The van der Waals surface area contributed by atoms with Gasteiger partial charge in [-0.2, -0.15) is 13.2 Å². The van der Waals surface area contributed by atoms with E-state index in [1.807, 2.05) is 0 Å². The van der Waals surface area contributed by atoms with E-state index in [4.69, 9.17) is 4.98 Å². The molecular weight excluding hydrogens is 641 g/mol. The number of hydrogen-bond donors (Lipinski definition) is 0. The summed E-state index contributed by atoms with van der Waals surface area (Å²) in [5.41, 5.74) is 3.76. The Hall–Kier alpha value is -3.04. The van der Waals surface area contributed by atoms with E-state index in [-0.39, 0.29) is 43.4 Å². The van der Waals surface area contributed by atoms with Gasteiger partial charge in [0.2, 0.25) is 0 Å². The molecule has 0 aliphatic heterocycles. The Morgan fingerprint density at radius 1 is 0.943 bits per heavy atom. The van der Waals surface area contributed by atoms with Crippen molar-refractivity contribution in [1.29, 1.82) is 0 Å². The van der Waals surface area contributed by atoms with Gasteiger partial charge in [0.05, 0.1) is 11.4 Å². The zero-order chi connectivity index (χ0) is 24.9. The molecule has 0 N–H and O–H groups in total. The van der Waals surface area contributed by atoms with Crippen LogP contribution in [-0.2, 0) is 26.3 Å². The van der Waals surface area contributed by atoms with Gasteiger partial charge in [0, 0.05) is 49.7 Å².